The predicted octanol–water partition coefficient (Wildman–Crippen LogP) is 4.57. The Morgan fingerprint density at radius 1 is 1.06 bits per heavy atom. The second-order valence-corrected chi connectivity index (χ2v) is 5.93. The third-order valence-electron chi connectivity index (χ3n) is 4.11. The molecule has 0 amide bonds. The van der Waals surface area contributed by atoms with Gasteiger partial charge >= 0.3 is 0 Å². The van der Waals surface area contributed by atoms with Gasteiger partial charge in [-0.2, -0.15) is 0 Å². The molecule has 1 aromatic carbocycles. The first-order valence-electron chi connectivity index (χ1n) is 6.69. The van der Waals surface area contributed by atoms with Gasteiger partial charge in [0.1, 0.15) is 0 Å². The van der Waals surface area contributed by atoms with Crippen molar-refractivity contribution < 1.29 is 0 Å². The summed E-state index contributed by atoms with van der Waals surface area (Å²) in [6.45, 7) is 9.28. The Morgan fingerprint density at radius 2 is 1.81 bits per heavy atom. The van der Waals surface area contributed by atoms with Gasteiger partial charge in [0.15, 0.2) is 0 Å². The summed E-state index contributed by atoms with van der Waals surface area (Å²) < 4.78 is 0. The Kier molecular flexibility index (Phi) is 3.37. The number of benzene rings is 1. The van der Waals surface area contributed by atoms with Gasteiger partial charge in [0.2, 0.25) is 0 Å². The van der Waals surface area contributed by atoms with Crippen LogP contribution < -0.4 is 0 Å². The van der Waals surface area contributed by atoms with Crippen LogP contribution in [-0.2, 0) is 12.8 Å². The molecule has 2 rings (SSSR count). The standard InChI is InChI=1S/C16H24/c1-11(2)13-5-7-16-10-14(12(3)4)6-8-15(16)9-13/h5,7,9,11-12,14H,6,8,10H2,1-4H3. The van der Waals surface area contributed by atoms with Gasteiger partial charge in [-0.25, -0.2) is 0 Å². The maximum atomic E-state index is 2.44. The smallest absolute Gasteiger partial charge is 0.0219 e. The fraction of sp³-hybridized carbons (Fsp3) is 0.625. The Morgan fingerprint density at radius 3 is 2.44 bits per heavy atom. The van der Waals surface area contributed by atoms with Crippen LogP contribution in [0.1, 0.15) is 56.7 Å². The van der Waals surface area contributed by atoms with Crippen LogP contribution in [-0.4, -0.2) is 0 Å². The van der Waals surface area contributed by atoms with Gasteiger partial charge in [0.25, 0.3) is 0 Å². The molecule has 0 radical (unpaired) electrons. The van der Waals surface area contributed by atoms with Crippen molar-refractivity contribution in [1.29, 1.82) is 0 Å². The van der Waals surface area contributed by atoms with E-state index in [0.717, 1.165) is 11.8 Å². The number of fused-ring (bicyclic) bond motifs is 1. The van der Waals surface area contributed by atoms with Crippen molar-refractivity contribution in [2.45, 2.75) is 52.9 Å². The van der Waals surface area contributed by atoms with Crippen molar-refractivity contribution in [2.75, 3.05) is 0 Å². The van der Waals surface area contributed by atoms with E-state index < -0.39 is 0 Å². The van der Waals surface area contributed by atoms with E-state index in [2.05, 4.69) is 45.9 Å². The molecule has 0 aliphatic heterocycles. The average Bonchev–Trinajstić information content (AvgIpc) is 2.27. The minimum absolute atomic E-state index is 0.660. The van der Waals surface area contributed by atoms with Gasteiger partial charge < -0.3 is 0 Å². The summed E-state index contributed by atoms with van der Waals surface area (Å²) in [6, 6.07) is 7.14. The number of rotatable bonds is 2. The molecule has 0 N–H and O–H groups in total. The Bertz CT molecular complexity index is 360. The quantitative estimate of drug-likeness (QED) is 0.679. The maximum Gasteiger partial charge on any atom is -0.0219 e. The summed E-state index contributed by atoms with van der Waals surface area (Å²) in [7, 11) is 0. The van der Waals surface area contributed by atoms with Gasteiger partial charge in [0.05, 0.1) is 0 Å². The van der Waals surface area contributed by atoms with E-state index in [9.17, 15) is 0 Å². The highest BCUT2D eigenvalue weighted by Crippen LogP contribution is 2.31. The summed E-state index contributed by atoms with van der Waals surface area (Å²) in [5.74, 6) is 2.39. The highest BCUT2D eigenvalue weighted by molar-refractivity contribution is 5.35. The van der Waals surface area contributed by atoms with E-state index in [1.165, 1.54) is 24.8 Å². The molecule has 0 spiro atoms. The lowest BCUT2D eigenvalue weighted by Gasteiger charge is -2.28. The first-order valence-corrected chi connectivity index (χ1v) is 6.69. The Balaban J connectivity index is 2.22. The molecule has 0 nitrogen and oxygen atoms in total. The van der Waals surface area contributed by atoms with Gasteiger partial charge in [-0.3, -0.25) is 0 Å². The van der Waals surface area contributed by atoms with E-state index >= 15 is 0 Å². The molecule has 1 atom stereocenters. The Hall–Kier alpha value is -0.780. The van der Waals surface area contributed by atoms with Crippen LogP contribution in [0.5, 0.6) is 0 Å². The Labute approximate surface area is 100 Å². The molecule has 0 saturated heterocycles. The summed E-state index contributed by atoms with van der Waals surface area (Å²) >= 11 is 0. The molecule has 1 unspecified atom stereocenters. The second-order valence-electron chi connectivity index (χ2n) is 5.93. The summed E-state index contributed by atoms with van der Waals surface area (Å²) in [4.78, 5) is 0. The molecule has 16 heavy (non-hydrogen) atoms. The van der Waals surface area contributed by atoms with Gasteiger partial charge in [-0.05, 0) is 53.7 Å². The molecule has 0 fully saturated rings. The molecular weight excluding hydrogens is 192 g/mol. The lowest BCUT2D eigenvalue weighted by Crippen LogP contribution is -2.19. The molecule has 1 aliphatic carbocycles. The molecule has 0 bridgehead atoms. The third-order valence-corrected chi connectivity index (χ3v) is 4.11. The van der Waals surface area contributed by atoms with E-state index in [4.69, 9.17) is 0 Å². The van der Waals surface area contributed by atoms with Gasteiger partial charge in [0, 0.05) is 0 Å². The molecule has 1 aliphatic rings. The van der Waals surface area contributed by atoms with Crippen LogP contribution in [0.2, 0.25) is 0 Å². The van der Waals surface area contributed by atoms with Crippen LogP contribution in [0, 0.1) is 11.8 Å². The normalized spacial score (nSPS) is 20.2. The minimum Gasteiger partial charge on any atom is -0.0625 e. The fourth-order valence-electron chi connectivity index (χ4n) is 2.73. The maximum absolute atomic E-state index is 2.44. The first-order chi connectivity index (χ1) is 7.58. The van der Waals surface area contributed by atoms with Crippen molar-refractivity contribution in [3.05, 3.63) is 34.9 Å². The van der Waals surface area contributed by atoms with Crippen molar-refractivity contribution in [2.24, 2.45) is 11.8 Å². The number of hydrogen-bond donors (Lipinski definition) is 0. The lowest BCUT2D eigenvalue weighted by atomic mass is 9.77. The molecule has 1 aromatic rings. The zero-order valence-corrected chi connectivity index (χ0v) is 11.1. The van der Waals surface area contributed by atoms with E-state index in [1.54, 1.807) is 11.1 Å². The molecule has 88 valence electrons. The van der Waals surface area contributed by atoms with Crippen molar-refractivity contribution in [3.8, 4) is 0 Å². The highest BCUT2D eigenvalue weighted by Gasteiger charge is 2.21. The topological polar surface area (TPSA) is 0 Å². The van der Waals surface area contributed by atoms with Gasteiger partial charge in [-0.1, -0.05) is 45.9 Å². The third kappa shape index (κ3) is 2.31. The second kappa shape index (κ2) is 4.61. The summed E-state index contributed by atoms with van der Waals surface area (Å²) in [6.07, 6.45) is 3.97. The fourth-order valence-corrected chi connectivity index (χ4v) is 2.73. The van der Waals surface area contributed by atoms with Crippen LogP contribution in [0.4, 0.5) is 0 Å². The van der Waals surface area contributed by atoms with E-state index in [0.29, 0.717) is 5.92 Å². The van der Waals surface area contributed by atoms with E-state index in [-0.39, 0.29) is 0 Å². The van der Waals surface area contributed by atoms with Crippen molar-refractivity contribution in [3.63, 3.8) is 0 Å². The summed E-state index contributed by atoms with van der Waals surface area (Å²) in [5.41, 5.74) is 4.72. The first kappa shape index (κ1) is 11.7. The largest absolute Gasteiger partial charge is 0.0625 e. The average molecular weight is 216 g/mol. The SMILES string of the molecule is CC(C)c1ccc2c(c1)CCC(C(C)C)C2. The molecule has 0 heteroatoms. The summed E-state index contributed by atoms with van der Waals surface area (Å²) in [5, 5.41) is 0. The predicted molar refractivity (Wildman–Crippen MR) is 70.9 cm³/mol. The zero-order chi connectivity index (χ0) is 11.7. The van der Waals surface area contributed by atoms with Gasteiger partial charge in [-0.15, -0.1) is 0 Å². The van der Waals surface area contributed by atoms with Crippen molar-refractivity contribution in [1.82, 2.24) is 0 Å². The number of aryl methyl sites for hydroxylation is 1. The van der Waals surface area contributed by atoms with Crippen LogP contribution in [0.25, 0.3) is 0 Å². The van der Waals surface area contributed by atoms with Crippen LogP contribution in [0.3, 0.4) is 0 Å². The molecular formula is C16H24. The molecule has 0 saturated carbocycles. The molecule has 0 heterocycles. The monoisotopic (exact) mass is 216 g/mol. The van der Waals surface area contributed by atoms with Crippen LogP contribution >= 0.6 is 0 Å². The minimum atomic E-state index is 0.660. The molecule has 0 aromatic heterocycles. The zero-order valence-electron chi connectivity index (χ0n) is 11.1. The number of hydrogen-bond acceptors (Lipinski definition) is 0. The van der Waals surface area contributed by atoms with E-state index in [1.807, 2.05) is 0 Å². The van der Waals surface area contributed by atoms with Crippen molar-refractivity contribution >= 4 is 0 Å². The lowest BCUT2D eigenvalue weighted by molar-refractivity contribution is 0.343. The highest BCUT2D eigenvalue weighted by atomic mass is 14.3. The van der Waals surface area contributed by atoms with Crippen LogP contribution in [0.15, 0.2) is 18.2 Å².